The summed E-state index contributed by atoms with van der Waals surface area (Å²) in [7, 11) is 0. The maximum absolute atomic E-state index is 13.9. The normalized spacial score (nSPS) is 17.1. The van der Waals surface area contributed by atoms with Crippen LogP contribution in [0.2, 0.25) is 0 Å². The van der Waals surface area contributed by atoms with Gasteiger partial charge in [-0.1, -0.05) is 12.1 Å². The Bertz CT molecular complexity index is 1300. The molecule has 0 spiro atoms. The van der Waals surface area contributed by atoms with E-state index >= 15 is 0 Å². The van der Waals surface area contributed by atoms with Crippen LogP contribution < -0.4 is 5.32 Å². The second kappa shape index (κ2) is 8.70. The second-order valence-corrected chi connectivity index (χ2v) is 11.4. The molecular weight excluding hydrogens is 467 g/mol. The number of rotatable bonds is 3. The van der Waals surface area contributed by atoms with Crippen LogP contribution >= 0.6 is 34.4 Å². The van der Waals surface area contributed by atoms with Crippen molar-refractivity contribution in [3.63, 3.8) is 0 Å². The number of aromatic nitrogens is 1. The van der Waals surface area contributed by atoms with E-state index in [0.29, 0.717) is 6.54 Å². The van der Waals surface area contributed by atoms with Crippen molar-refractivity contribution in [2.75, 3.05) is 11.6 Å². The van der Waals surface area contributed by atoms with Gasteiger partial charge >= 0.3 is 6.03 Å². The lowest BCUT2D eigenvalue weighted by Gasteiger charge is -2.30. The van der Waals surface area contributed by atoms with E-state index in [-0.39, 0.29) is 12.1 Å². The van der Waals surface area contributed by atoms with Crippen LogP contribution in [-0.4, -0.2) is 21.8 Å². The van der Waals surface area contributed by atoms with Crippen molar-refractivity contribution < 1.29 is 4.79 Å². The van der Waals surface area contributed by atoms with Gasteiger partial charge in [-0.25, -0.2) is 4.79 Å². The van der Waals surface area contributed by atoms with E-state index in [1.54, 1.807) is 23.1 Å². The molecule has 2 aliphatic rings. The van der Waals surface area contributed by atoms with Gasteiger partial charge in [0.2, 0.25) is 0 Å². The molecule has 0 saturated heterocycles. The zero-order valence-electron chi connectivity index (χ0n) is 18.4. The minimum atomic E-state index is -0.123. The molecule has 1 N–H and O–H groups in total. The molecule has 2 amide bonds. The third-order valence-electron chi connectivity index (χ3n) is 6.57. The smallest absolute Gasteiger partial charge is 0.310 e. The summed E-state index contributed by atoms with van der Waals surface area (Å²) in [6.07, 6.45) is 8.99. The van der Waals surface area contributed by atoms with E-state index in [1.165, 1.54) is 38.7 Å². The average molecular weight is 492 g/mol. The van der Waals surface area contributed by atoms with Gasteiger partial charge in [0.05, 0.1) is 12.2 Å². The third kappa shape index (κ3) is 3.72. The van der Waals surface area contributed by atoms with Crippen molar-refractivity contribution >= 4 is 46.2 Å². The number of nitrogens with one attached hydrogen (secondary N) is 1. The number of amides is 2. The summed E-state index contributed by atoms with van der Waals surface area (Å²) < 4.78 is 2.34. The first-order chi connectivity index (χ1) is 16.2. The van der Waals surface area contributed by atoms with Crippen molar-refractivity contribution in [3.8, 4) is 5.00 Å². The predicted molar refractivity (Wildman–Crippen MR) is 139 cm³/mol. The van der Waals surface area contributed by atoms with Crippen molar-refractivity contribution in [1.29, 1.82) is 0 Å². The van der Waals surface area contributed by atoms with Crippen LogP contribution in [0.3, 0.4) is 0 Å². The Morgan fingerprint density at radius 1 is 1.09 bits per heavy atom. The summed E-state index contributed by atoms with van der Waals surface area (Å²) in [6.45, 7) is 0.624. The number of fused-ring (bicyclic) bond motifs is 5. The van der Waals surface area contributed by atoms with Gasteiger partial charge in [0.25, 0.3) is 0 Å². The van der Waals surface area contributed by atoms with Gasteiger partial charge in [-0.3, -0.25) is 0 Å². The first kappa shape index (κ1) is 21.1. The number of hydrogen-bond donors (Lipinski definition) is 1. The Labute approximate surface area is 206 Å². The molecule has 1 aromatic carbocycles. The molecule has 0 saturated carbocycles. The number of urea groups is 1. The Kier molecular flexibility index (Phi) is 5.56. The minimum absolute atomic E-state index is 0.0528. The van der Waals surface area contributed by atoms with Gasteiger partial charge in [-0.15, -0.1) is 34.4 Å². The largest absolute Gasteiger partial charge is 0.323 e. The van der Waals surface area contributed by atoms with Gasteiger partial charge in [-0.2, -0.15) is 0 Å². The molecule has 4 nitrogen and oxygen atoms in total. The zero-order valence-corrected chi connectivity index (χ0v) is 20.9. The summed E-state index contributed by atoms with van der Waals surface area (Å²) >= 11 is 5.32. The third-order valence-corrected chi connectivity index (χ3v) is 9.56. The summed E-state index contributed by atoms with van der Waals surface area (Å²) in [5.74, 6) is 0. The molecule has 4 heterocycles. The number of thioether (sulfide) groups is 1. The maximum atomic E-state index is 13.9. The van der Waals surface area contributed by atoms with Gasteiger partial charge in [0.1, 0.15) is 11.0 Å². The molecule has 7 heteroatoms. The van der Waals surface area contributed by atoms with Crippen LogP contribution in [0.15, 0.2) is 65.0 Å². The van der Waals surface area contributed by atoms with E-state index in [2.05, 4.69) is 58.0 Å². The number of aryl methyl sites for hydroxylation is 1. The molecule has 168 valence electrons. The van der Waals surface area contributed by atoms with Crippen molar-refractivity contribution in [1.82, 2.24) is 9.47 Å². The summed E-state index contributed by atoms with van der Waals surface area (Å²) in [5.41, 5.74) is 4.81. The fraction of sp³-hybridized carbons (Fsp3) is 0.269. The molecule has 0 fully saturated rings. The molecule has 6 rings (SSSR count). The quantitative estimate of drug-likeness (QED) is 0.305. The zero-order chi connectivity index (χ0) is 22.4. The number of carbonyl (C=O) groups excluding carboxylic acids is 1. The fourth-order valence-electron chi connectivity index (χ4n) is 5.03. The Morgan fingerprint density at radius 2 is 2.00 bits per heavy atom. The fourth-order valence-corrected chi connectivity index (χ4v) is 7.74. The highest BCUT2D eigenvalue weighted by Gasteiger charge is 2.36. The lowest BCUT2D eigenvalue weighted by atomic mass is 9.95. The summed E-state index contributed by atoms with van der Waals surface area (Å²) in [6, 6.07) is 16.4. The molecule has 1 atom stereocenters. The number of benzene rings is 1. The highest BCUT2D eigenvalue weighted by molar-refractivity contribution is 7.98. The first-order valence-electron chi connectivity index (χ1n) is 11.3. The van der Waals surface area contributed by atoms with E-state index in [0.717, 1.165) is 29.1 Å². The Morgan fingerprint density at radius 3 is 2.85 bits per heavy atom. The molecule has 3 aromatic heterocycles. The van der Waals surface area contributed by atoms with Crippen molar-refractivity contribution in [2.24, 2.45) is 0 Å². The van der Waals surface area contributed by atoms with Crippen LogP contribution in [0.1, 0.15) is 45.5 Å². The summed E-state index contributed by atoms with van der Waals surface area (Å²) in [4.78, 5) is 19.7. The number of nitrogens with zero attached hydrogens (tertiary/aromatic N) is 2. The SMILES string of the molecule is CSc1cccc(NC(=O)N2Cc3c(sc4c3CCCC4)-n3cccc3[C@@H]2c2cccs2)c1. The number of carbonyl (C=O) groups is 1. The van der Waals surface area contributed by atoms with E-state index in [9.17, 15) is 4.79 Å². The lowest BCUT2D eigenvalue weighted by Crippen LogP contribution is -2.37. The number of thiophene rings is 2. The monoisotopic (exact) mass is 491 g/mol. The van der Waals surface area contributed by atoms with Crippen LogP contribution in [0.25, 0.3) is 5.00 Å². The van der Waals surface area contributed by atoms with Gasteiger partial charge < -0.3 is 14.8 Å². The molecule has 1 aliphatic heterocycles. The molecule has 4 aromatic rings. The molecule has 0 bridgehead atoms. The standard InChI is InChI=1S/C26H25N3OS3/c1-31-18-8-4-7-17(15-18)27-26(30)29-16-20-19-9-2-3-11-22(19)33-25(20)28-13-5-10-21(28)24(29)23-12-6-14-32-23/h4-8,10,12-15,24H,2-3,9,11,16H2,1H3,(H,27,30)/t24-/m1/s1. The molecule has 33 heavy (non-hydrogen) atoms. The average Bonchev–Trinajstić information content (AvgIpc) is 3.58. The van der Waals surface area contributed by atoms with Crippen LogP contribution in [0.4, 0.5) is 10.5 Å². The molecule has 1 aliphatic carbocycles. The van der Waals surface area contributed by atoms with Crippen LogP contribution in [-0.2, 0) is 19.4 Å². The van der Waals surface area contributed by atoms with Gasteiger partial charge in [-0.05, 0) is 79.3 Å². The van der Waals surface area contributed by atoms with Gasteiger partial charge in [0, 0.05) is 32.1 Å². The highest BCUT2D eigenvalue weighted by Crippen LogP contribution is 2.44. The number of hydrogen-bond acceptors (Lipinski definition) is 4. The van der Waals surface area contributed by atoms with Crippen LogP contribution in [0.5, 0.6) is 0 Å². The molecule has 0 radical (unpaired) electrons. The van der Waals surface area contributed by atoms with E-state index < -0.39 is 0 Å². The first-order valence-corrected chi connectivity index (χ1v) is 14.2. The topological polar surface area (TPSA) is 37.3 Å². The van der Waals surface area contributed by atoms with Gasteiger partial charge in [0.15, 0.2) is 0 Å². The Hall–Kier alpha value is -2.48. The predicted octanol–water partition coefficient (Wildman–Crippen LogP) is 7.34. The van der Waals surface area contributed by atoms with E-state index in [1.807, 2.05) is 34.4 Å². The summed E-state index contributed by atoms with van der Waals surface area (Å²) in [5, 5.41) is 6.60. The maximum Gasteiger partial charge on any atom is 0.323 e. The minimum Gasteiger partial charge on any atom is -0.310 e. The van der Waals surface area contributed by atoms with E-state index in [4.69, 9.17) is 0 Å². The molecule has 0 unspecified atom stereocenters. The lowest BCUT2D eigenvalue weighted by molar-refractivity contribution is 0.195. The van der Waals surface area contributed by atoms with Crippen molar-refractivity contribution in [2.45, 2.75) is 43.2 Å². The van der Waals surface area contributed by atoms with Crippen LogP contribution in [0, 0.1) is 0 Å². The Balaban J connectivity index is 1.47. The van der Waals surface area contributed by atoms with Crippen molar-refractivity contribution in [3.05, 3.63) is 86.7 Å². The highest BCUT2D eigenvalue weighted by atomic mass is 32.2. The molecular formula is C26H25N3OS3. The number of anilines is 1. The second-order valence-electron chi connectivity index (χ2n) is 8.51.